The second kappa shape index (κ2) is 7.19. The molecular formula is C20H21N5O. The molecule has 0 amide bonds. The number of nitrogens with two attached hydrogens (primary N) is 1. The van der Waals surface area contributed by atoms with E-state index in [0.717, 1.165) is 37.2 Å². The van der Waals surface area contributed by atoms with E-state index in [-0.39, 0.29) is 5.56 Å². The first-order chi connectivity index (χ1) is 12.7. The molecule has 1 fully saturated rings. The fourth-order valence-corrected chi connectivity index (χ4v) is 3.29. The first-order valence-corrected chi connectivity index (χ1v) is 8.76. The van der Waals surface area contributed by atoms with Gasteiger partial charge in [-0.05, 0) is 24.1 Å². The van der Waals surface area contributed by atoms with E-state index >= 15 is 0 Å². The van der Waals surface area contributed by atoms with E-state index in [1.165, 1.54) is 11.6 Å². The second-order valence-corrected chi connectivity index (χ2v) is 6.70. The lowest BCUT2D eigenvalue weighted by Gasteiger charge is -2.15. The van der Waals surface area contributed by atoms with Gasteiger partial charge in [0.05, 0.1) is 5.69 Å². The van der Waals surface area contributed by atoms with Gasteiger partial charge in [0.15, 0.2) is 0 Å². The average molecular weight is 347 g/mol. The fourth-order valence-electron chi connectivity index (χ4n) is 3.29. The maximum Gasteiger partial charge on any atom is 0.251 e. The van der Waals surface area contributed by atoms with Crippen LogP contribution in [0.5, 0.6) is 0 Å². The van der Waals surface area contributed by atoms with Gasteiger partial charge in [0.1, 0.15) is 5.82 Å². The predicted octanol–water partition coefficient (Wildman–Crippen LogP) is 2.03. The maximum absolute atomic E-state index is 12.1. The van der Waals surface area contributed by atoms with Gasteiger partial charge in [0.25, 0.3) is 5.56 Å². The summed E-state index contributed by atoms with van der Waals surface area (Å²) in [5.41, 5.74) is 9.34. The summed E-state index contributed by atoms with van der Waals surface area (Å²) in [5.74, 6) is 0.561. The number of nitrogens with one attached hydrogen (secondary N) is 1. The summed E-state index contributed by atoms with van der Waals surface area (Å²) < 4.78 is 0. The van der Waals surface area contributed by atoms with Gasteiger partial charge in [-0.15, -0.1) is 0 Å². The Labute approximate surface area is 151 Å². The Morgan fingerprint density at radius 2 is 2.04 bits per heavy atom. The van der Waals surface area contributed by atoms with E-state index in [0.29, 0.717) is 17.6 Å². The zero-order valence-corrected chi connectivity index (χ0v) is 14.4. The van der Waals surface area contributed by atoms with Gasteiger partial charge in [0, 0.05) is 55.3 Å². The van der Waals surface area contributed by atoms with Gasteiger partial charge in [-0.25, -0.2) is 4.98 Å². The van der Waals surface area contributed by atoms with Crippen LogP contribution in [-0.2, 0) is 6.54 Å². The third kappa shape index (κ3) is 3.71. The van der Waals surface area contributed by atoms with Crippen molar-refractivity contribution < 1.29 is 0 Å². The minimum Gasteiger partial charge on any atom is -0.326 e. The number of pyridine rings is 1. The molecule has 0 bridgehead atoms. The third-order valence-electron chi connectivity index (χ3n) is 4.64. The molecule has 0 saturated carbocycles. The smallest absolute Gasteiger partial charge is 0.251 e. The van der Waals surface area contributed by atoms with Gasteiger partial charge < -0.3 is 10.7 Å². The summed E-state index contributed by atoms with van der Waals surface area (Å²) in [4.78, 5) is 25.9. The molecule has 0 radical (unpaired) electrons. The molecule has 4 rings (SSSR count). The van der Waals surface area contributed by atoms with E-state index < -0.39 is 0 Å². The van der Waals surface area contributed by atoms with Crippen molar-refractivity contribution in [3.63, 3.8) is 0 Å². The van der Waals surface area contributed by atoms with Crippen molar-refractivity contribution in [2.24, 2.45) is 5.73 Å². The number of likely N-dealkylation sites (tertiary alicyclic amines) is 1. The molecule has 132 valence electrons. The molecule has 1 aliphatic heterocycles. The van der Waals surface area contributed by atoms with E-state index in [2.05, 4.69) is 32.0 Å². The molecule has 3 N–H and O–H groups in total. The first-order valence-electron chi connectivity index (χ1n) is 8.76. The molecule has 26 heavy (non-hydrogen) atoms. The fraction of sp³-hybridized carbons (Fsp3) is 0.250. The Bertz CT molecular complexity index is 936. The molecule has 0 unspecified atom stereocenters. The summed E-state index contributed by atoms with van der Waals surface area (Å²) in [6.07, 6.45) is 4.46. The molecule has 1 saturated heterocycles. The lowest BCUT2D eigenvalue weighted by Crippen LogP contribution is -2.26. The van der Waals surface area contributed by atoms with Crippen molar-refractivity contribution in [3.8, 4) is 22.6 Å². The molecule has 0 aliphatic carbocycles. The largest absolute Gasteiger partial charge is 0.326 e. The first kappa shape index (κ1) is 16.6. The summed E-state index contributed by atoms with van der Waals surface area (Å²) >= 11 is 0. The summed E-state index contributed by atoms with van der Waals surface area (Å²) in [6, 6.07) is 13.7. The van der Waals surface area contributed by atoms with Crippen LogP contribution in [0.25, 0.3) is 22.6 Å². The number of nitrogens with zero attached hydrogens (tertiary/aromatic N) is 3. The lowest BCUT2D eigenvalue weighted by atomic mass is 10.1. The minimum atomic E-state index is -0.177. The summed E-state index contributed by atoms with van der Waals surface area (Å²) in [6.45, 7) is 2.89. The van der Waals surface area contributed by atoms with Gasteiger partial charge >= 0.3 is 0 Å². The van der Waals surface area contributed by atoms with Crippen LogP contribution >= 0.6 is 0 Å². The van der Waals surface area contributed by atoms with Crippen molar-refractivity contribution in [2.45, 2.75) is 19.0 Å². The topological polar surface area (TPSA) is 87.9 Å². The normalized spacial score (nSPS) is 17.5. The van der Waals surface area contributed by atoms with E-state index in [9.17, 15) is 4.79 Å². The Morgan fingerprint density at radius 3 is 2.73 bits per heavy atom. The highest BCUT2D eigenvalue weighted by atomic mass is 16.1. The number of benzene rings is 1. The molecule has 3 heterocycles. The SMILES string of the molecule is N[C@@H]1CCN(Cc2ccc(-c3nc(-c4cccnc4)cc(=O)[nH]3)cc2)C1. The van der Waals surface area contributed by atoms with E-state index in [1.54, 1.807) is 12.4 Å². The highest BCUT2D eigenvalue weighted by Gasteiger charge is 2.18. The van der Waals surface area contributed by atoms with Crippen LogP contribution in [0, 0.1) is 0 Å². The quantitative estimate of drug-likeness (QED) is 0.754. The number of rotatable bonds is 4. The van der Waals surface area contributed by atoms with Crippen LogP contribution in [-0.4, -0.2) is 39.0 Å². The molecule has 1 aromatic carbocycles. The van der Waals surface area contributed by atoms with E-state index in [4.69, 9.17) is 5.73 Å². The number of aromatic amines is 1. The highest BCUT2D eigenvalue weighted by molar-refractivity contribution is 5.62. The van der Waals surface area contributed by atoms with Crippen molar-refractivity contribution in [3.05, 3.63) is 70.8 Å². The third-order valence-corrected chi connectivity index (χ3v) is 4.64. The zero-order valence-electron chi connectivity index (χ0n) is 14.4. The van der Waals surface area contributed by atoms with Crippen LogP contribution < -0.4 is 11.3 Å². The van der Waals surface area contributed by atoms with Gasteiger partial charge in [0.2, 0.25) is 0 Å². The maximum atomic E-state index is 12.1. The Kier molecular flexibility index (Phi) is 4.60. The molecular weight excluding hydrogens is 326 g/mol. The van der Waals surface area contributed by atoms with E-state index in [1.807, 2.05) is 24.3 Å². The van der Waals surface area contributed by atoms with Crippen molar-refractivity contribution in [2.75, 3.05) is 13.1 Å². The van der Waals surface area contributed by atoms with Crippen LogP contribution in [0.3, 0.4) is 0 Å². The van der Waals surface area contributed by atoms with Crippen molar-refractivity contribution in [1.82, 2.24) is 19.9 Å². The van der Waals surface area contributed by atoms with Crippen molar-refractivity contribution in [1.29, 1.82) is 0 Å². The lowest BCUT2D eigenvalue weighted by molar-refractivity contribution is 0.327. The number of H-pyrrole nitrogens is 1. The van der Waals surface area contributed by atoms with Crippen LogP contribution in [0.2, 0.25) is 0 Å². The number of hydrogen-bond acceptors (Lipinski definition) is 5. The molecule has 2 aromatic heterocycles. The van der Waals surface area contributed by atoms with Crippen LogP contribution in [0.1, 0.15) is 12.0 Å². The summed E-state index contributed by atoms with van der Waals surface area (Å²) in [7, 11) is 0. The predicted molar refractivity (Wildman–Crippen MR) is 101 cm³/mol. The van der Waals surface area contributed by atoms with Crippen molar-refractivity contribution >= 4 is 0 Å². The number of hydrogen-bond donors (Lipinski definition) is 2. The standard InChI is InChI=1S/C20H21N5O/c21-17-7-9-25(13-17)12-14-3-5-15(6-4-14)20-23-18(10-19(26)24-20)16-2-1-8-22-11-16/h1-6,8,10-11,17H,7,9,12-13,21H2,(H,23,24,26)/t17-/m1/s1. The zero-order chi connectivity index (χ0) is 17.9. The minimum absolute atomic E-state index is 0.177. The van der Waals surface area contributed by atoms with Gasteiger partial charge in [-0.1, -0.05) is 24.3 Å². The Morgan fingerprint density at radius 1 is 1.19 bits per heavy atom. The monoisotopic (exact) mass is 347 g/mol. The molecule has 0 spiro atoms. The van der Waals surface area contributed by atoms with Crippen LogP contribution in [0.4, 0.5) is 0 Å². The average Bonchev–Trinajstić information content (AvgIpc) is 3.07. The molecule has 1 atom stereocenters. The molecule has 6 heteroatoms. The second-order valence-electron chi connectivity index (χ2n) is 6.70. The summed E-state index contributed by atoms with van der Waals surface area (Å²) in [5, 5.41) is 0. The molecule has 6 nitrogen and oxygen atoms in total. The van der Waals surface area contributed by atoms with Gasteiger partial charge in [-0.2, -0.15) is 0 Å². The highest BCUT2D eigenvalue weighted by Crippen LogP contribution is 2.20. The molecule has 1 aliphatic rings. The molecule has 3 aromatic rings. The Hall–Kier alpha value is -2.83. The number of aromatic nitrogens is 3. The Balaban J connectivity index is 1.57. The van der Waals surface area contributed by atoms with Crippen LogP contribution in [0.15, 0.2) is 59.7 Å². The van der Waals surface area contributed by atoms with Gasteiger partial charge in [-0.3, -0.25) is 14.7 Å².